The van der Waals surface area contributed by atoms with Gasteiger partial charge in [-0.1, -0.05) is 15.9 Å². The highest BCUT2D eigenvalue weighted by atomic mass is 79.9. The number of hydrogen-bond acceptors (Lipinski definition) is 3. The van der Waals surface area contributed by atoms with Crippen molar-refractivity contribution in [3.05, 3.63) is 28.2 Å². The molecule has 0 amide bonds. The maximum absolute atomic E-state index is 9.82. The number of phenolic OH excluding ortho intramolecular Hbond substituents is 1. The lowest BCUT2D eigenvalue weighted by atomic mass is 9.99. The van der Waals surface area contributed by atoms with Crippen molar-refractivity contribution < 1.29 is 9.84 Å². The maximum atomic E-state index is 9.82. The third kappa shape index (κ3) is 3.97. The molecule has 0 aliphatic carbocycles. The molecule has 18 heavy (non-hydrogen) atoms. The third-order valence-corrected chi connectivity index (χ3v) is 3.89. The molecule has 1 aliphatic heterocycles. The van der Waals surface area contributed by atoms with E-state index in [9.17, 15) is 5.11 Å². The van der Waals surface area contributed by atoms with E-state index < -0.39 is 0 Å². The molecule has 0 unspecified atom stereocenters. The van der Waals surface area contributed by atoms with Crippen LogP contribution in [0.25, 0.3) is 0 Å². The number of nitrogens with zero attached hydrogens (tertiary/aromatic N) is 1. The molecule has 1 fully saturated rings. The van der Waals surface area contributed by atoms with Crippen molar-refractivity contribution in [1.29, 1.82) is 0 Å². The molecule has 0 bridgehead atoms. The SMILES string of the molecule is CN(Cc1cc(Br)ccc1O)CC1CCOCC1. The largest absolute Gasteiger partial charge is 0.508 e. The lowest BCUT2D eigenvalue weighted by molar-refractivity contribution is 0.0549. The summed E-state index contributed by atoms with van der Waals surface area (Å²) >= 11 is 3.44. The van der Waals surface area contributed by atoms with Crippen molar-refractivity contribution in [1.82, 2.24) is 4.90 Å². The van der Waals surface area contributed by atoms with Crippen LogP contribution >= 0.6 is 15.9 Å². The first-order valence-electron chi connectivity index (χ1n) is 6.39. The van der Waals surface area contributed by atoms with E-state index in [0.717, 1.165) is 55.1 Å². The zero-order chi connectivity index (χ0) is 13.0. The van der Waals surface area contributed by atoms with E-state index in [1.165, 1.54) is 0 Å². The second-order valence-corrected chi connectivity index (χ2v) is 5.94. The maximum Gasteiger partial charge on any atom is 0.120 e. The number of ether oxygens (including phenoxy) is 1. The number of halogens is 1. The molecule has 4 heteroatoms. The minimum atomic E-state index is 0.372. The highest BCUT2D eigenvalue weighted by Gasteiger charge is 2.16. The number of benzene rings is 1. The Kier molecular flexibility index (Phi) is 5.03. The summed E-state index contributed by atoms with van der Waals surface area (Å²) in [5.41, 5.74) is 0.971. The van der Waals surface area contributed by atoms with Crippen LogP contribution in [0, 0.1) is 5.92 Å². The summed E-state index contributed by atoms with van der Waals surface area (Å²) in [5.74, 6) is 1.09. The minimum Gasteiger partial charge on any atom is -0.508 e. The highest BCUT2D eigenvalue weighted by molar-refractivity contribution is 9.10. The zero-order valence-corrected chi connectivity index (χ0v) is 12.3. The van der Waals surface area contributed by atoms with Crippen LogP contribution in [0.5, 0.6) is 5.75 Å². The van der Waals surface area contributed by atoms with Crippen LogP contribution in [0.3, 0.4) is 0 Å². The minimum absolute atomic E-state index is 0.372. The second kappa shape index (κ2) is 6.55. The van der Waals surface area contributed by atoms with Gasteiger partial charge in [-0.15, -0.1) is 0 Å². The second-order valence-electron chi connectivity index (χ2n) is 5.03. The lowest BCUT2D eigenvalue weighted by Gasteiger charge is -2.27. The number of rotatable bonds is 4. The molecule has 0 radical (unpaired) electrons. The first-order chi connectivity index (χ1) is 8.65. The Labute approximate surface area is 117 Å². The Balaban J connectivity index is 1.89. The van der Waals surface area contributed by atoms with Crippen LogP contribution in [0.4, 0.5) is 0 Å². The first kappa shape index (κ1) is 13.8. The van der Waals surface area contributed by atoms with Crippen LogP contribution in [-0.2, 0) is 11.3 Å². The van der Waals surface area contributed by atoms with Crippen molar-refractivity contribution in [2.75, 3.05) is 26.8 Å². The van der Waals surface area contributed by atoms with E-state index in [4.69, 9.17) is 4.74 Å². The summed E-state index contributed by atoms with van der Waals surface area (Å²) in [4.78, 5) is 2.28. The van der Waals surface area contributed by atoms with Crippen molar-refractivity contribution in [3.8, 4) is 5.75 Å². The van der Waals surface area contributed by atoms with Gasteiger partial charge in [-0.25, -0.2) is 0 Å². The molecule has 1 aliphatic rings. The summed E-state index contributed by atoms with van der Waals surface area (Å²) in [5, 5.41) is 9.82. The van der Waals surface area contributed by atoms with E-state index in [1.807, 2.05) is 12.1 Å². The Bertz CT molecular complexity index is 391. The van der Waals surface area contributed by atoms with Gasteiger partial charge in [-0.05, 0) is 44.0 Å². The van der Waals surface area contributed by atoms with Crippen LogP contribution in [0.15, 0.2) is 22.7 Å². The predicted octanol–water partition coefficient (Wildman–Crippen LogP) is 3.01. The highest BCUT2D eigenvalue weighted by Crippen LogP contribution is 2.24. The molecule has 0 atom stereocenters. The van der Waals surface area contributed by atoms with Gasteiger partial charge in [0.05, 0.1) is 0 Å². The molecule has 0 aromatic heterocycles. The lowest BCUT2D eigenvalue weighted by Crippen LogP contribution is -2.29. The average Bonchev–Trinajstić information content (AvgIpc) is 2.35. The van der Waals surface area contributed by atoms with Gasteiger partial charge in [0.25, 0.3) is 0 Å². The number of hydrogen-bond donors (Lipinski definition) is 1. The van der Waals surface area contributed by atoms with Gasteiger partial charge >= 0.3 is 0 Å². The van der Waals surface area contributed by atoms with Crippen LogP contribution in [-0.4, -0.2) is 36.8 Å². The molecular formula is C14H20BrNO2. The molecule has 1 aromatic rings. The Morgan fingerprint density at radius 1 is 1.39 bits per heavy atom. The molecule has 1 saturated heterocycles. The molecule has 100 valence electrons. The van der Waals surface area contributed by atoms with E-state index in [-0.39, 0.29) is 0 Å². The molecule has 0 saturated carbocycles. The molecule has 1 aromatic carbocycles. The molecule has 1 heterocycles. The van der Waals surface area contributed by atoms with Crippen molar-refractivity contribution in [2.24, 2.45) is 5.92 Å². The smallest absolute Gasteiger partial charge is 0.120 e. The fraction of sp³-hybridized carbons (Fsp3) is 0.571. The topological polar surface area (TPSA) is 32.7 Å². The fourth-order valence-corrected chi connectivity index (χ4v) is 2.81. The van der Waals surface area contributed by atoms with Crippen molar-refractivity contribution in [2.45, 2.75) is 19.4 Å². The van der Waals surface area contributed by atoms with Crippen LogP contribution in [0.2, 0.25) is 0 Å². The van der Waals surface area contributed by atoms with Crippen molar-refractivity contribution in [3.63, 3.8) is 0 Å². The van der Waals surface area contributed by atoms with Gasteiger partial charge in [0.2, 0.25) is 0 Å². The van der Waals surface area contributed by atoms with Gasteiger partial charge in [-0.3, -0.25) is 0 Å². The Morgan fingerprint density at radius 2 is 2.11 bits per heavy atom. The van der Waals surface area contributed by atoms with E-state index in [0.29, 0.717) is 5.75 Å². The summed E-state index contributed by atoms with van der Waals surface area (Å²) in [6.07, 6.45) is 2.30. The Hall–Kier alpha value is -0.580. The molecule has 1 N–H and O–H groups in total. The normalized spacial score (nSPS) is 17.3. The van der Waals surface area contributed by atoms with E-state index in [2.05, 4.69) is 27.9 Å². The van der Waals surface area contributed by atoms with Gasteiger partial charge in [-0.2, -0.15) is 0 Å². The van der Waals surface area contributed by atoms with Gasteiger partial charge in [0.1, 0.15) is 5.75 Å². The van der Waals surface area contributed by atoms with Crippen LogP contribution in [0.1, 0.15) is 18.4 Å². The quantitative estimate of drug-likeness (QED) is 0.927. The average molecular weight is 314 g/mol. The van der Waals surface area contributed by atoms with E-state index >= 15 is 0 Å². The molecule has 2 rings (SSSR count). The van der Waals surface area contributed by atoms with Crippen LogP contribution < -0.4 is 0 Å². The summed E-state index contributed by atoms with van der Waals surface area (Å²) in [6, 6.07) is 5.58. The van der Waals surface area contributed by atoms with Gasteiger partial charge in [0.15, 0.2) is 0 Å². The van der Waals surface area contributed by atoms with Gasteiger partial charge in [0, 0.05) is 36.3 Å². The first-order valence-corrected chi connectivity index (χ1v) is 7.18. The summed E-state index contributed by atoms with van der Waals surface area (Å²) in [7, 11) is 2.11. The third-order valence-electron chi connectivity index (χ3n) is 3.39. The number of phenols is 1. The Morgan fingerprint density at radius 3 is 2.83 bits per heavy atom. The molecule has 0 spiro atoms. The summed E-state index contributed by atoms with van der Waals surface area (Å²) in [6.45, 7) is 3.62. The van der Waals surface area contributed by atoms with Crippen molar-refractivity contribution >= 4 is 15.9 Å². The predicted molar refractivity (Wildman–Crippen MR) is 75.7 cm³/mol. The standard InChI is InChI=1S/C14H20BrNO2/c1-16(9-11-4-6-18-7-5-11)10-12-8-13(15)2-3-14(12)17/h2-3,8,11,17H,4-7,9-10H2,1H3. The monoisotopic (exact) mass is 313 g/mol. The van der Waals surface area contributed by atoms with E-state index in [1.54, 1.807) is 6.07 Å². The summed E-state index contributed by atoms with van der Waals surface area (Å²) < 4.78 is 6.38. The number of aromatic hydroxyl groups is 1. The fourth-order valence-electron chi connectivity index (χ4n) is 2.41. The zero-order valence-electron chi connectivity index (χ0n) is 10.7. The van der Waals surface area contributed by atoms with Gasteiger partial charge < -0.3 is 14.7 Å². The molecular weight excluding hydrogens is 294 g/mol. The molecule has 3 nitrogen and oxygen atoms in total.